The number of aromatic nitrogens is 2. The number of nitrogens with zero attached hydrogens (tertiary/aromatic N) is 2. The molecule has 0 aliphatic rings. The van der Waals surface area contributed by atoms with E-state index in [2.05, 4.69) is 15.3 Å². The predicted molar refractivity (Wildman–Crippen MR) is 76.5 cm³/mol. The van der Waals surface area contributed by atoms with Gasteiger partial charge in [0.1, 0.15) is 0 Å². The summed E-state index contributed by atoms with van der Waals surface area (Å²) >= 11 is 0. The van der Waals surface area contributed by atoms with Crippen LogP contribution >= 0.6 is 0 Å². The monoisotopic (exact) mass is 271 g/mol. The van der Waals surface area contributed by atoms with Crippen molar-refractivity contribution in [1.29, 1.82) is 0 Å². The van der Waals surface area contributed by atoms with Gasteiger partial charge in [-0.15, -0.1) is 0 Å². The highest BCUT2D eigenvalue weighted by atomic mass is 16.5. The second kappa shape index (κ2) is 6.65. The summed E-state index contributed by atoms with van der Waals surface area (Å²) in [6.45, 7) is 4.69. The Morgan fingerprint density at radius 1 is 1.25 bits per heavy atom. The van der Waals surface area contributed by atoms with Crippen molar-refractivity contribution >= 4 is 11.9 Å². The highest BCUT2D eigenvalue weighted by Gasteiger charge is 2.05. The van der Waals surface area contributed by atoms with E-state index in [1.165, 1.54) is 0 Å². The normalized spacial score (nSPS) is 10.1. The summed E-state index contributed by atoms with van der Waals surface area (Å²) in [6.07, 6.45) is 1.72. The molecule has 0 atom stereocenters. The minimum atomic E-state index is -0.297. The van der Waals surface area contributed by atoms with Gasteiger partial charge in [-0.25, -0.2) is 14.8 Å². The van der Waals surface area contributed by atoms with Gasteiger partial charge in [0, 0.05) is 18.4 Å². The van der Waals surface area contributed by atoms with Gasteiger partial charge in [-0.05, 0) is 37.6 Å². The molecule has 2 aromatic rings. The van der Waals surface area contributed by atoms with Crippen molar-refractivity contribution in [2.75, 3.05) is 11.9 Å². The number of carbonyl (C=O) groups excluding carboxylic acids is 1. The number of aryl methyl sites for hydroxylation is 1. The minimum Gasteiger partial charge on any atom is -0.462 e. The Morgan fingerprint density at radius 3 is 2.65 bits per heavy atom. The Labute approximate surface area is 118 Å². The highest BCUT2D eigenvalue weighted by Crippen LogP contribution is 2.08. The Kier molecular flexibility index (Phi) is 4.65. The summed E-state index contributed by atoms with van der Waals surface area (Å²) < 4.78 is 4.94. The lowest BCUT2D eigenvalue weighted by molar-refractivity contribution is 0.0526. The molecule has 0 saturated carbocycles. The van der Waals surface area contributed by atoms with E-state index in [4.69, 9.17) is 4.74 Å². The number of benzene rings is 1. The van der Waals surface area contributed by atoms with Crippen molar-refractivity contribution in [3.63, 3.8) is 0 Å². The number of nitrogens with one attached hydrogen (secondary N) is 1. The third kappa shape index (κ3) is 3.78. The number of esters is 1. The zero-order valence-corrected chi connectivity index (χ0v) is 11.6. The summed E-state index contributed by atoms with van der Waals surface area (Å²) in [5.74, 6) is 0.300. The fourth-order valence-electron chi connectivity index (χ4n) is 1.69. The molecule has 5 nitrogen and oxygen atoms in total. The lowest BCUT2D eigenvalue weighted by Crippen LogP contribution is -2.06. The number of hydrogen-bond donors (Lipinski definition) is 1. The molecule has 1 N–H and O–H groups in total. The van der Waals surface area contributed by atoms with E-state index in [1.54, 1.807) is 25.3 Å². The summed E-state index contributed by atoms with van der Waals surface area (Å²) in [6, 6.07) is 9.13. The molecule has 1 aromatic carbocycles. The van der Waals surface area contributed by atoms with E-state index in [0.29, 0.717) is 24.7 Å². The summed E-state index contributed by atoms with van der Waals surface area (Å²) in [7, 11) is 0. The van der Waals surface area contributed by atoms with Gasteiger partial charge >= 0.3 is 5.97 Å². The second-order valence-corrected chi connectivity index (χ2v) is 4.29. The first-order chi connectivity index (χ1) is 9.69. The van der Waals surface area contributed by atoms with Crippen molar-refractivity contribution in [3.8, 4) is 0 Å². The van der Waals surface area contributed by atoms with Gasteiger partial charge in [0.15, 0.2) is 0 Å². The van der Waals surface area contributed by atoms with Crippen LogP contribution in [0.1, 0.15) is 28.5 Å². The molecule has 104 valence electrons. The molecule has 20 heavy (non-hydrogen) atoms. The molecule has 2 rings (SSSR count). The van der Waals surface area contributed by atoms with E-state index >= 15 is 0 Å². The third-order valence-corrected chi connectivity index (χ3v) is 2.71. The zero-order chi connectivity index (χ0) is 14.4. The average molecular weight is 271 g/mol. The highest BCUT2D eigenvalue weighted by molar-refractivity contribution is 5.89. The van der Waals surface area contributed by atoms with Crippen LogP contribution in [-0.2, 0) is 11.3 Å². The molecule has 0 amide bonds. The Balaban J connectivity index is 1.95. The predicted octanol–water partition coefficient (Wildman–Crippen LogP) is 2.57. The fraction of sp³-hybridized carbons (Fsp3) is 0.267. The minimum absolute atomic E-state index is 0.297. The van der Waals surface area contributed by atoms with Gasteiger partial charge in [-0.2, -0.15) is 0 Å². The quantitative estimate of drug-likeness (QED) is 0.847. The van der Waals surface area contributed by atoms with E-state index in [1.807, 2.05) is 25.1 Å². The summed E-state index contributed by atoms with van der Waals surface area (Å²) in [5.41, 5.74) is 2.52. The molecular weight excluding hydrogens is 254 g/mol. The van der Waals surface area contributed by atoms with Crippen LogP contribution in [0.2, 0.25) is 0 Å². The van der Waals surface area contributed by atoms with Gasteiger partial charge < -0.3 is 10.1 Å². The summed E-state index contributed by atoms with van der Waals surface area (Å²) in [4.78, 5) is 19.9. The van der Waals surface area contributed by atoms with Crippen molar-refractivity contribution in [3.05, 3.63) is 53.3 Å². The SMILES string of the molecule is CCOC(=O)c1ccc(CNc2nccc(C)n2)cc1. The topological polar surface area (TPSA) is 64.1 Å². The van der Waals surface area contributed by atoms with Crippen molar-refractivity contribution < 1.29 is 9.53 Å². The molecule has 0 spiro atoms. The molecule has 0 fully saturated rings. The van der Waals surface area contributed by atoms with Gasteiger partial charge in [0.25, 0.3) is 0 Å². The van der Waals surface area contributed by atoms with E-state index in [-0.39, 0.29) is 5.97 Å². The lowest BCUT2D eigenvalue weighted by atomic mass is 10.1. The number of rotatable bonds is 5. The molecule has 0 bridgehead atoms. The molecule has 0 aliphatic carbocycles. The first-order valence-electron chi connectivity index (χ1n) is 6.48. The number of carbonyl (C=O) groups is 1. The largest absolute Gasteiger partial charge is 0.462 e. The fourth-order valence-corrected chi connectivity index (χ4v) is 1.69. The Morgan fingerprint density at radius 2 is 2.00 bits per heavy atom. The maximum absolute atomic E-state index is 11.5. The standard InChI is InChI=1S/C15H17N3O2/c1-3-20-14(19)13-6-4-12(5-7-13)10-17-15-16-9-8-11(2)18-15/h4-9H,3,10H2,1-2H3,(H,16,17,18). The molecule has 0 radical (unpaired) electrons. The maximum atomic E-state index is 11.5. The van der Waals surface area contributed by atoms with Crippen molar-refractivity contribution in [1.82, 2.24) is 9.97 Å². The first-order valence-corrected chi connectivity index (χ1v) is 6.48. The van der Waals surface area contributed by atoms with Gasteiger partial charge in [-0.3, -0.25) is 0 Å². The molecule has 0 saturated heterocycles. The molecule has 1 aromatic heterocycles. The van der Waals surface area contributed by atoms with Crippen LogP contribution in [0, 0.1) is 6.92 Å². The van der Waals surface area contributed by atoms with Crippen molar-refractivity contribution in [2.45, 2.75) is 20.4 Å². The van der Waals surface area contributed by atoms with Crippen LogP contribution in [0.3, 0.4) is 0 Å². The van der Waals surface area contributed by atoms with Crippen molar-refractivity contribution in [2.24, 2.45) is 0 Å². The first kappa shape index (κ1) is 14.0. The number of hydrogen-bond acceptors (Lipinski definition) is 5. The molecule has 5 heteroatoms. The summed E-state index contributed by atoms with van der Waals surface area (Å²) in [5, 5.41) is 3.14. The molecular formula is C15H17N3O2. The number of ether oxygens (including phenoxy) is 1. The van der Waals surface area contributed by atoms with E-state index in [0.717, 1.165) is 11.3 Å². The van der Waals surface area contributed by atoms with Gasteiger partial charge in [0.2, 0.25) is 5.95 Å². The Hall–Kier alpha value is -2.43. The van der Waals surface area contributed by atoms with Gasteiger partial charge in [0.05, 0.1) is 12.2 Å². The Bertz CT molecular complexity index is 582. The van der Waals surface area contributed by atoms with Crippen LogP contribution in [-0.4, -0.2) is 22.5 Å². The maximum Gasteiger partial charge on any atom is 0.338 e. The van der Waals surface area contributed by atoms with E-state index < -0.39 is 0 Å². The molecule has 0 aliphatic heterocycles. The van der Waals surface area contributed by atoms with E-state index in [9.17, 15) is 4.79 Å². The second-order valence-electron chi connectivity index (χ2n) is 4.29. The average Bonchev–Trinajstić information content (AvgIpc) is 2.46. The lowest BCUT2D eigenvalue weighted by Gasteiger charge is -2.06. The molecule has 0 unspecified atom stereocenters. The van der Waals surface area contributed by atoms with Crippen LogP contribution in [0.5, 0.6) is 0 Å². The van der Waals surface area contributed by atoms with Crippen LogP contribution in [0.25, 0.3) is 0 Å². The molecule has 1 heterocycles. The zero-order valence-electron chi connectivity index (χ0n) is 11.6. The van der Waals surface area contributed by atoms with Crippen LogP contribution in [0.4, 0.5) is 5.95 Å². The van der Waals surface area contributed by atoms with Crippen LogP contribution in [0.15, 0.2) is 36.5 Å². The third-order valence-electron chi connectivity index (χ3n) is 2.71. The van der Waals surface area contributed by atoms with Crippen LogP contribution < -0.4 is 5.32 Å². The van der Waals surface area contributed by atoms with Gasteiger partial charge in [-0.1, -0.05) is 12.1 Å². The smallest absolute Gasteiger partial charge is 0.338 e. The number of anilines is 1.